The highest BCUT2D eigenvalue weighted by Gasteiger charge is 2.13. The SMILES string of the molecule is C=CC(C)(C)C.CC.CC.CCC.CCC(C)C(C)C.CCC/C=C(\CC)C1=NSCCC=C1NCCCCCC. The monoisotopic (exact) mass is 597 g/mol. The van der Waals surface area contributed by atoms with Crippen LogP contribution in [0.4, 0.5) is 0 Å². The zero-order chi connectivity index (χ0) is 33.1. The fraction of sp³-hybridized carbons (Fsp3) is 0.816. The Morgan fingerprint density at radius 1 is 0.951 bits per heavy atom. The molecule has 1 atom stereocenters. The van der Waals surface area contributed by atoms with Gasteiger partial charge in [-0.2, -0.15) is 0 Å². The minimum Gasteiger partial charge on any atom is -0.384 e. The van der Waals surface area contributed by atoms with Crippen LogP contribution in [0.25, 0.3) is 0 Å². The third-order valence-electron chi connectivity index (χ3n) is 6.07. The topological polar surface area (TPSA) is 24.4 Å². The van der Waals surface area contributed by atoms with Crippen molar-refractivity contribution >= 4 is 17.7 Å². The standard InChI is InChI=1S/C18H32N2S.C7H16.C6H12.C3H8.2C2H6/c1-4-7-9-10-14-19-17-13-11-15-21-20-18(17)16(6-3)12-8-5-2;1-5-7(4)6(2)3;1-5-6(2,3)4;1-3-2;2*1-2/h12-13,19H,4-11,14-15H2,1-3H3;6-7H,5H2,1-4H3;5H,1H2,2-4H3;3H2,1-2H3;2*1-2H3/b16-12+;;;;;. The zero-order valence-electron chi connectivity index (χ0n) is 31.4. The van der Waals surface area contributed by atoms with E-state index in [2.05, 4.69) is 107 Å². The van der Waals surface area contributed by atoms with Gasteiger partial charge in [0.1, 0.15) is 0 Å². The molecule has 2 nitrogen and oxygen atoms in total. The Kier molecular flexibility index (Phi) is 47.3. The Morgan fingerprint density at radius 2 is 1.49 bits per heavy atom. The lowest BCUT2D eigenvalue weighted by Gasteiger charge is -2.15. The Morgan fingerprint density at radius 3 is 1.85 bits per heavy atom. The van der Waals surface area contributed by atoms with E-state index in [1.807, 2.05) is 33.8 Å². The minimum absolute atomic E-state index is 0.306. The first-order valence-electron chi connectivity index (χ1n) is 17.5. The van der Waals surface area contributed by atoms with Crippen LogP contribution in [-0.2, 0) is 0 Å². The fourth-order valence-electron chi connectivity index (χ4n) is 2.87. The summed E-state index contributed by atoms with van der Waals surface area (Å²) in [6, 6.07) is 0. The van der Waals surface area contributed by atoms with Crippen molar-refractivity contribution < 1.29 is 0 Å². The summed E-state index contributed by atoms with van der Waals surface area (Å²) in [4.78, 5) is 0. The van der Waals surface area contributed by atoms with Gasteiger partial charge >= 0.3 is 0 Å². The van der Waals surface area contributed by atoms with E-state index in [4.69, 9.17) is 4.40 Å². The fourth-order valence-corrected chi connectivity index (χ4v) is 3.53. The third kappa shape index (κ3) is 39.0. The molecule has 0 saturated heterocycles. The summed E-state index contributed by atoms with van der Waals surface area (Å²) >= 11 is 1.71. The Hall–Kier alpha value is -0.960. The lowest BCUT2D eigenvalue weighted by Crippen LogP contribution is -2.22. The summed E-state index contributed by atoms with van der Waals surface area (Å²) in [5, 5.41) is 3.64. The number of nitrogens with zero attached hydrogens (tertiary/aromatic N) is 1. The van der Waals surface area contributed by atoms with Gasteiger partial charge in [-0.25, -0.2) is 4.40 Å². The largest absolute Gasteiger partial charge is 0.384 e. The molecule has 0 saturated carbocycles. The van der Waals surface area contributed by atoms with Gasteiger partial charge < -0.3 is 5.32 Å². The van der Waals surface area contributed by atoms with Gasteiger partial charge in [0.15, 0.2) is 0 Å². The van der Waals surface area contributed by atoms with Gasteiger partial charge in [-0.3, -0.25) is 0 Å². The number of nitrogens with one attached hydrogen (secondary N) is 1. The van der Waals surface area contributed by atoms with E-state index in [9.17, 15) is 0 Å². The second kappa shape index (κ2) is 39.0. The maximum absolute atomic E-state index is 4.78. The maximum Gasteiger partial charge on any atom is 0.0969 e. The van der Waals surface area contributed by atoms with Crippen LogP contribution in [0.1, 0.15) is 175 Å². The summed E-state index contributed by atoms with van der Waals surface area (Å²) in [5.41, 5.74) is 4.17. The summed E-state index contributed by atoms with van der Waals surface area (Å²) < 4.78 is 4.78. The van der Waals surface area contributed by atoms with E-state index in [-0.39, 0.29) is 0 Å². The van der Waals surface area contributed by atoms with Gasteiger partial charge in [0.05, 0.1) is 11.4 Å². The lowest BCUT2D eigenvalue weighted by molar-refractivity contribution is 0.407. The molecule has 0 aliphatic carbocycles. The molecule has 0 aromatic rings. The van der Waals surface area contributed by atoms with Crippen molar-refractivity contribution in [2.45, 2.75) is 175 Å². The summed E-state index contributed by atoms with van der Waals surface area (Å²) in [7, 11) is 0. The molecule has 0 fully saturated rings. The predicted octanol–water partition coefficient (Wildman–Crippen LogP) is 14.0. The van der Waals surface area contributed by atoms with Crippen molar-refractivity contribution in [1.29, 1.82) is 0 Å². The van der Waals surface area contributed by atoms with Crippen molar-refractivity contribution in [1.82, 2.24) is 5.32 Å². The second-order valence-corrected chi connectivity index (χ2v) is 12.3. The van der Waals surface area contributed by atoms with Gasteiger partial charge in [-0.15, -0.1) is 6.58 Å². The lowest BCUT2D eigenvalue weighted by atomic mass is 9.96. The molecule has 0 spiro atoms. The summed E-state index contributed by atoms with van der Waals surface area (Å²) in [5.74, 6) is 2.86. The Labute approximate surface area is 267 Å². The van der Waals surface area contributed by atoms with Gasteiger partial charge in [-0.1, -0.05) is 168 Å². The molecule has 0 radical (unpaired) electrons. The number of allylic oxidation sites excluding steroid dienone is 4. The second-order valence-electron chi connectivity index (χ2n) is 11.4. The molecule has 1 unspecified atom stereocenters. The van der Waals surface area contributed by atoms with Crippen LogP contribution in [0.3, 0.4) is 0 Å². The zero-order valence-corrected chi connectivity index (χ0v) is 32.3. The average Bonchev–Trinajstić information content (AvgIpc) is 3.21. The molecular weight excluding hydrogens is 516 g/mol. The van der Waals surface area contributed by atoms with Crippen molar-refractivity contribution in [3.8, 4) is 0 Å². The smallest absolute Gasteiger partial charge is 0.0969 e. The van der Waals surface area contributed by atoms with Crippen LogP contribution in [0.5, 0.6) is 0 Å². The van der Waals surface area contributed by atoms with E-state index in [0.29, 0.717) is 5.41 Å². The highest BCUT2D eigenvalue weighted by atomic mass is 32.2. The van der Waals surface area contributed by atoms with E-state index in [1.165, 1.54) is 61.9 Å². The van der Waals surface area contributed by atoms with E-state index < -0.39 is 0 Å². The first-order chi connectivity index (χ1) is 19.5. The molecule has 0 amide bonds. The van der Waals surface area contributed by atoms with E-state index in [0.717, 1.165) is 43.4 Å². The van der Waals surface area contributed by atoms with Crippen molar-refractivity contribution in [2.75, 3.05) is 12.3 Å². The van der Waals surface area contributed by atoms with Crippen LogP contribution < -0.4 is 5.32 Å². The number of hydrogen-bond donors (Lipinski definition) is 1. The van der Waals surface area contributed by atoms with Gasteiger partial charge in [0.25, 0.3) is 0 Å². The highest BCUT2D eigenvalue weighted by molar-refractivity contribution is 7.98. The third-order valence-corrected chi connectivity index (χ3v) is 6.80. The van der Waals surface area contributed by atoms with Crippen molar-refractivity contribution in [3.63, 3.8) is 0 Å². The van der Waals surface area contributed by atoms with Gasteiger partial charge in [0.2, 0.25) is 0 Å². The van der Waals surface area contributed by atoms with Gasteiger partial charge in [0, 0.05) is 12.3 Å². The molecule has 0 aromatic heterocycles. The van der Waals surface area contributed by atoms with E-state index in [1.54, 1.807) is 11.9 Å². The predicted molar refractivity (Wildman–Crippen MR) is 201 cm³/mol. The number of hydrogen-bond acceptors (Lipinski definition) is 3. The molecule has 1 N–H and O–H groups in total. The Balaban J connectivity index is -0.000000177. The average molecular weight is 597 g/mol. The molecule has 1 aliphatic heterocycles. The number of rotatable bonds is 12. The first kappa shape index (κ1) is 49.7. The quantitative estimate of drug-likeness (QED) is 0.138. The molecule has 0 aromatic carbocycles. The first-order valence-corrected chi connectivity index (χ1v) is 18.4. The number of unbranched alkanes of at least 4 members (excludes halogenated alkanes) is 4. The molecule has 1 heterocycles. The van der Waals surface area contributed by atoms with Crippen molar-refractivity contribution in [3.05, 3.63) is 36.1 Å². The van der Waals surface area contributed by atoms with Crippen LogP contribution in [0.15, 0.2) is 40.5 Å². The maximum atomic E-state index is 4.78. The summed E-state index contributed by atoms with van der Waals surface area (Å²) in [6.07, 6.45) is 19.0. The van der Waals surface area contributed by atoms with Crippen LogP contribution in [-0.4, -0.2) is 18.0 Å². The Bertz CT molecular complexity index is 594. The molecule has 41 heavy (non-hydrogen) atoms. The van der Waals surface area contributed by atoms with Crippen LogP contribution >= 0.6 is 11.9 Å². The minimum atomic E-state index is 0.306. The summed E-state index contributed by atoms with van der Waals surface area (Å²) in [6.45, 7) is 39.1. The van der Waals surface area contributed by atoms with Gasteiger partial charge in [-0.05, 0) is 60.5 Å². The van der Waals surface area contributed by atoms with E-state index >= 15 is 0 Å². The molecule has 0 bridgehead atoms. The molecule has 1 aliphatic rings. The molecular formula is C38H80N2S. The molecule has 248 valence electrons. The normalized spacial score (nSPS) is 13.2. The highest BCUT2D eigenvalue weighted by Crippen LogP contribution is 2.21. The molecule has 3 heteroatoms. The van der Waals surface area contributed by atoms with Crippen LogP contribution in [0, 0.1) is 17.3 Å². The van der Waals surface area contributed by atoms with Crippen LogP contribution in [0.2, 0.25) is 0 Å². The van der Waals surface area contributed by atoms with Crippen molar-refractivity contribution in [2.24, 2.45) is 21.6 Å². The molecule has 1 rings (SSSR count).